The summed E-state index contributed by atoms with van der Waals surface area (Å²) in [6.45, 7) is 4.26. The Morgan fingerprint density at radius 1 is 1.21 bits per heavy atom. The zero-order valence-corrected chi connectivity index (χ0v) is 17.7. The van der Waals surface area contributed by atoms with Crippen molar-refractivity contribution in [1.82, 2.24) is 25.1 Å². The van der Waals surface area contributed by atoms with Gasteiger partial charge in [0.1, 0.15) is 5.69 Å². The van der Waals surface area contributed by atoms with Gasteiger partial charge < -0.3 is 10.2 Å². The number of hydrogen-bond donors (Lipinski definition) is 1. The first-order valence-corrected chi connectivity index (χ1v) is 10.2. The lowest BCUT2D eigenvalue weighted by molar-refractivity contribution is 0.0918. The van der Waals surface area contributed by atoms with Gasteiger partial charge in [-0.15, -0.1) is 11.3 Å². The first kappa shape index (κ1) is 20.7. The first-order chi connectivity index (χ1) is 13.8. The Bertz CT molecular complexity index is 1010. The molecule has 0 aliphatic rings. The second kappa shape index (κ2) is 8.95. The minimum absolute atomic E-state index is 0.0972. The summed E-state index contributed by atoms with van der Waals surface area (Å²) in [6, 6.07) is 6.85. The van der Waals surface area contributed by atoms with Gasteiger partial charge in [-0.25, -0.2) is 14.6 Å². The molecule has 3 heterocycles. The lowest BCUT2D eigenvalue weighted by atomic mass is 10.0. The van der Waals surface area contributed by atoms with Gasteiger partial charge >= 0.3 is 0 Å². The second-order valence-corrected chi connectivity index (χ2v) is 8.15. The van der Waals surface area contributed by atoms with Gasteiger partial charge in [0.25, 0.3) is 11.5 Å². The third-order valence-electron chi connectivity index (χ3n) is 4.43. The highest BCUT2D eigenvalue weighted by molar-refractivity contribution is 7.13. The molecule has 0 fully saturated rings. The van der Waals surface area contributed by atoms with Crippen LogP contribution >= 0.6 is 11.3 Å². The zero-order valence-electron chi connectivity index (χ0n) is 16.9. The Morgan fingerprint density at radius 2 is 1.93 bits per heavy atom. The van der Waals surface area contributed by atoms with E-state index in [-0.39, 0.29) is 30.0 Å². The van der Waals surface area contributed by atoms with Gasteiger partial charge in [-0.05, 0) is 23.4 Å². The van der Waals surface area contributed by atoms with Crippen LogP contribution in [0.3, 0.4) is 0 Å². The summed E-state index contributed by atoms with van der Waals surface area (Å²) >= 11 is 1.56. The molecule has 0 bridgehead atoms. The van der Waals surface area contributed by atoms with Gasteiger partial charge in [0.15, 0.2) is 0 Å². The molecule has 3 rings (SSSR count). The molecule has 0 saturated carbocycles. The summed E-state index contributed by atoms with van der Waals surface area (Å²) in [7, 11) is 3.66. The first-order valence-electron chi connectivity index (χ1n) is 9.27. The predicted octanol–water partition coefficient (Wildman–Crippen LogP) is 2.28. The number of carbonyl (C=O) groups excluding carboxylic acids is 1. The molecule has 9 heteroatoms. The minimum atomic E-state index is -0.281. The van der Waals surface area contributed by atoms with Crippen LogP contribution in [0.25, 0.3) is 10.6 Å². The van der Waals surface area contributed by atoms with Crippen LogP contribution in [0.15, 0.2) is 46.8 Å². The highest BCUT2D eigenvalue weighted by Gasteiger charge is 2.20. The Morgan fingerprint density at radius 3 is 2.52 bits per heavy atom. The highest BCUT2D eigenvalue weighted by atomic mass is 32.1. The molecule has 0 aliphatic heterocycles. The van der Waals surface area contributed by atoms with Gasteiger partial charge in [0, 0.05) is 32.6 Å². The standard InChI is InChI=1S/C20H24N6O2S/c1-13(2)16(23-19(28)14-10-21-20(22-11-14)25(3)4)12-26-18(27)8-7-15(24-26)17-6-5-9-29-17/h5-11,13,16H,12H2,1-4H3,(H,23,28)/t16-/m1/s1. The Balaban J connectivity index is 1.77. The Labute approximate surface area is 173 Å². The van der Waals surface area contributed by atoms with Crippen LogP contribution in [0, 0.1) is 5.92 Å². The van der Waals surface area contributed by atoms with Crippen molar-refractivity contribution in [1.29, 1.82) is 0 Å². The van der Waals surface area contributed by atoms with Crippen LogP contribution < -0.4 is 15.8 Å². The molecule has 1 atom stereocenters. The molecule has 0 aliphatic carbocycles. The molecule has 3 aromatic rings. The summed E-state index contributed by atoms with van der Waals surface area (Å²) in [6.07, 6.45) is 2.99. The van der Waals surface area contributed by atoms with E-state index >= 15 is 0 Å². The molecule has 3 aromatic heterocycles. The molecular formula is C20H24N6O2S. The number of rotatable bonds is 7. The maximum atomic E-state index is 12.7. The number of hydrogen-bond acceptors (Lipinski definition) is 7. The van der Waals surface area contributed by atoms with Gasteiger partial charge in [-0.2, -0.15) is 5.10 Å². The fourth-order valence-corrected chi connectivity index (χ4v) is 3.36. The molecule has 0 spiro atoms. The third kappa shape index (κ3) is 5.05. The predicted molar refractivity (Wildman–Crippen MR) is 114 cm³/mol. The van der Waals surface area contributed by atoms with E-state index in [4.69, 9.17) is 0 Å². The van der Waals surface area contributed by atoms with Crippen LogP contribution in [0.4, 0.5) is 5.95 Å². The summed E-state index contributed by atoms with van der Waals surface area (Å²) in [4.78, 5) is 36.1. The fraction of sp³-hybridized carbons (Fsp3) is 0.350. The van der Waals surface area contributed by atoms with Crippen molar-refractivity contribution in [3.63, 3.8) is 0 Å². The van der Waals surface area contributed by atoms with E-state index in [2.05, 4.69) is 20.4 Å². The van der Waals surface area contributed by atoms with Crippen LogP contribution in [-0.2, 0) is 6.54 Å². The van der Waals surface area contributed by atoms with Crippen LogP contribution in [0.5, 0.6) is 0 Å². The Kier molecular flexibility index (Phi) is 6.38. The van der Waals surface area contributed by atoms with Crippen molar-refractivity contribution in [2.45, 2.75) is 26.4 Å². The number of nitrogens with one attached hydrogen (secondary N) is 1. The van der Waals surface area contributed by atoms with Crippen molar-refractivity contribution >= 4 is 23.2 Å². The van der Waals surface area contributed by atoms with E-state index in [0.29, 0.717) is 11.5 Å². The molecular weight excluding hydrogens is 388 g/mol. The van der Waals surface area contributed by atoms with Crippen molar-refractivity contribution in [3.05, 3.63) is 58.0 Å². The number of aromatic nitrogens is 4. The molecule has 0 saturated heterocycles. The van der Waals surface area contributed by atoms with Gasteiger partial charge in [0.2, 0.25) is 5.95 Å². The van der Waals surface area contributed by atoms with E-state index < -0.39 is 0 Å². The van der Waals surface area contributed by atoms with Crippen molar-refractivity contribution in [2.75, 3.05) is 19.0 Å². The van der Waals surface area contributed by atoms with Crippen molar-refractivity contribution < 1.29 is 4.79 Å². The van der Waals surface area contributed by atoms with Crippen LogP contribution in [0.2, 0.25) is 0 Å². The van der Waals surface area contributed by atoms with E-state index in [9.17, 15) is 9.59 Å². The summed E-state index contributed by atoms with van der Waals surface area (Å²) < 4.78 is 1.41. The quantitative estimate of drug-likeness (QED) is 0.640. The average molecular weight is 413 g/mol. The molecule has 8 nitrogen and oxygen atoms in total. The van der Waals surface area contributed by atoms with E-state index in [0.717, 1.165) is 10.6 Å². The lowest BCUT2D eigenvalue weighted by Crippen LogP contribution is -2.44. The molecule has 152 valence electrons. The Hall–Kier alpha value is -3.07. The highest BCUT2D eigenvalue weighted by Crippen LogP contribution is 2.21. The molecule has 0 radical (unpaired) electrons. The number of carbonyl (C=O) groups is 1. The molecule has 0 aromatic carbocycles. The van der Waals surface area contributed by atoms with Gasteiger partial charge in [0.05, 0.1) is 23.0 Å². The van der Waals surface area contributed by atoms with Gasteiger partial charge in [-0.3, -0.25) is 9.59 Å². The monoisotopic (exact) mass is 412 g/mol. The summed E-state index contributed by atoms with van der Waals surface area (Å²) in [5.74, 6) is 0.347. The number of thiophene rings is 1. The largest absolute Gasteiger partial charge is 0.347 e. The van der Waals surface area contributed by atoms with E-state index in [1.165, 1.54) is 23.1 Å². The smallest absolute Gasteiger partial charge is 0.266 e. The minimum Gasteiger partial charge on any atom is -0.347 e. The van der Waals surface area contributed by atoms with Crippen LogP contribution in [0.1, 0.15) is 24.2 Å². The third-order valence-corrected chi connectivity index (χ3v) is 5.32. The molecule has 29 heavy (non-hydrogen) atoms. The van der Waals surface area contributed by atoms with Crippen molar-refractivity contribution in [3.8, 4) is 10.6 Å². The summed E-state index contributed by atoms with van der Waals surface area (Å²) in [5.41, 5.74) is 0.902. The number of amides is 1. The molecule has 1 N–H and O–H groups in total. The van der Waals surface area contributed by atoms with E-state index in [1.54, 1.807) is 22.3 Å². The topological polar surface area (TPSA) is 93.0 Å². The number of anilines is 1. The molecule has 0 unspecified atom stereocenters. The SMILES string of the molecule is CC(C)[C@@H](Cn1nc(-c2cccs2)ccc1=O)NC(=O)c1cnc(N(C)C)nc1. The second-order valence-electron chi connectivity index (χ2n) is 7.21. The number of nitrogens with zero attached hydrogens (tertiary/aromatic N) is 5. The van der Waals surface area contributed by atoms with Crippen molar-refractivity contribution in [2.24, 2.45) is 5.92 Å². The lowest BCUT2D eigenvalue weighted by Gasteiger charge is -2.23. The maximum absolute atomic E-state index is 12.7. The van der Waals surface area contributed by atoms with E-state index in [1.807, 2.05) is 45.5 Å². The summed E-state index contributed by atoms with van der Waals surface area (Å²) in [5, 5.41) is 9.43. The fourth-order valence-electron chi connectivity index (χ4n) is 2.67. The van der Waals surface area contributed by atoms with Crippen LogP contribution in [-0.4, -0.2) is 45.8 Å². The van der Waals surface area contributed by atoms with Gasteiger partial charge in [-0.1, -0.05) is 19.9 Å². The zero-order chi connectivity index (χ0) is 21.0. The maximum Gasteiger partial charge on any atom is 0.266 e. The normalized spacial score (nSPS) is 12.0. The average Bonchev–Trinajstić information content (AvgIpc) is 3.23. The molecule has 1 amide bonds.